The van der Waals surface area contributed by atoms with Crippen LogP contribution in [-0.4, -0.2) is 40.3 Å². The number of aliphatic hydroxyl groups is 2. The Bertz CT molecular complexity index is 654. The van der Waals surface area contributed by atoms with Crippen LogP contribution in [0.4, 0.5) is 4.39 Å². The van der Waals surface area contributed by atoms with Gasteiger partial charge in [0, 0.05) is 26.1 Å². The maximum absolute atomic E-state index is 13.3. The molecule has 1 heterocycles. The predicted octanol–water partition coefficient (Wildman–Crippen LogP) is 2.93. The van der Waals surface area contributed by atoms with E-state index in [9.17, 15) is 14.6 Å². The standard InChI is InChI=1S/C20H24FNO2/c21-18-8-4-5-16(13-18)14-20(24)9-11-22(12-10-20)15-19(23)17-6-2-1-3-7-17/h1-8,13,19,23-24H,9-12,14-15H2/t19-/m1/s1. The molecule has 2 N–H and O–H groups in total. The third-order valence-corrected chi connectivity index (χ3v) is 4.82. The van der Waals surface area contributed by atoms with E-state index >= 15 is 0 Å². The zero-order valence-electron chi connectivity index (χ0n) is 13.7. The highest BCUT2D eigenvalue weighted by Crippen LogP contribution is 2.27. The van der Waals surface area contributed by atoms with Gasteiger partial charge in [-0.15, -0.1) is 0 Å². The fraction of sp³-hybridized carbons (Fsp3) is 0.400. The van der Waals surface area contributed by atoms with Gasteiger partial charge in [-0.25, -0.2) is 4.39 Å². The lowest BCUT2D eigenvalue weighted by atomic mass is 9.85. The smallest absolute Gasteiger partial charge is 0.123 e. The van der Waals surface area contributed by atoms with E-state index in [0.717, 1.165) is 24.2 Å². The van der Waals surface area contributed by atoms with E-state index in [1.54, 1.807) is 6.07 Å². The van der Waals surface area contributed by atoms with Crippen molar-refractivity contribution in [3.8, 4) is 0 Å². The first-order valence-electron chi connectivity index (χ1n) is 8.46. The molecule has 0 spiro atoms. The summed E-state index contributed by atoms with van der Waals surface area (Å²) in [7, 11) is 0. The first kappa shape index (κ1) is 17.1. The summed E-state index contributed by atoms with van der Waals surface area (Å²) in [5.41, 5.74) is 0.954. The van der Waals surface area contributed by atoms with Crippen LogP contribution in [0, 0.1) is 5.82 Å². The molecule has 3 nitrogen and oxygen atoms in total. The van der Waals surface area contributed by atoms with E-state index in [0.29, 0.717) is 25.8 Å². The van der Waals surface area contributed by atoms with Crippen LogP contribution in [0.2, 0.25) is 0 Å². The molecule has 1 aliphatic rings. The Labute approximate surface area is 142 Å². The average molecular weight is 329 g/mol. The van der Waals surface area contributed by atoms with Crippen LogP contribution in [0.5, 0.6) is 0 Å². The molecule has 1 atom stereocenters. The monoisotopic (exact) mass is 329 g/mol. The van der Waals surface area contributed by atoms with Crippen molar-refractivity contribution in [2.24, 2.45) is 0 Å². The minimum Gasteiger partial charge on any atom is -0.389 e. The fourth-order valence-corrected chi connectivity index (χ4v) is 3.38. The number of rotatable bonds is 5. The summed E-state index contributed by atoms with van der Waals surface area (Å²) in [5, 5.41) is 21.1. The van der Waals surface area contributed by atoms with E-state index in [2.05, 4.69) is 4.90 Å². The Morgan fingerprint density at radius 1 is 1.04 bits per heavy atom. The third-order valence-electron chi connectivity index (χ3n) is 4.82. The first-order valence-corrected chi connectivity index (χ1v) is 8.46. The number of hydrogen-bond donors (Lipinski definition) is 2. The molecule has 128 valence electrons. The summed E-state index contributed by atoms with van der Waals surface area (Å²) < 4.78 is 13.3. The van der Waals surface area contributed by atoms with Gasteiger partial charge in [-0.05, 0) is 36.1 Å². The maximum Gasteiger partial charge on any atom is 0.123 e. The summed E-state index contributed by atoms with van der Waals surface area (Å²) in [6.45, 7) is 2.03. The number of β-amino-alcohol motifs (C(OH)–C–C–N with tert-alkyl or cyclic N) is 1. The lowest BCUT2D eigenvalue weighted by molar-refractivity contribution is -0.0295. The van der Waals surface area contributed by atoms with Crippen LogP contribution in [0.25, 0.3) is 0 Å². The van der Waals surface area contributed by atoms with E-state index in [1.807, 2.05) is 36.4 Å². The van der Waals surface area contributed by atoms with E-state index < -0.39 is 11.7 Å². The quantitative estimate of drug-likeness (QED) is 0.886. The summed E-state index contributed by atoms with van der Waals surface area (Å²) >= 11 is 0. The molecule has 0 aromatic heterocycles. The van der Waals surface area contributed by atoms with Crippen LogP contribution < -0.4 is 0 Å². The van der Waals surface area contributed by atoms with Gasteiger partial charge < -0.3 is 15.1 Å². The lowest BCUT2D eigenvalue weighted by Gasteiger charge is -2.39. The Kier molecular flexibility index (Phi) is 5.29. The highest BCUT2D eigenvalue weighted by Gasteiger charge is 2.33. The van der Waals surface area contributed by atoms with Gasteiger partial charge in [0.1, 0.15) is 5.82 Å². The summed E-state index contributed by atoms with van der Waals surface area (Å²) in [5.74, 6) is -0.264. The van der Waals surface area contributed by atoms with E-state index in [4.69, 9.17) is 0 Å². The lowest BCUT2D eigenvalue weighted by Crippen LogP contribution is -2.46. The average Bonchev–Trinajstić information content (AvgIpc) is 2.58. The minimum absolute atomic E-state index is 0.264. The molecule has 0 saturated carbocycles. The van der Waals surface area contributed by atoms with Crippen molar-refractivity contribution in [3.63, 3.8) is 0 Å². The van der Waals surface area contributed by atoms with Crippen molar-refractivity contribution in [3.05, 3.63) is 71.5 Å². The fourth-order valence-electron chi connectivity index (χ4n) is 3.38. The van der Waals surface area contributed by atoms with Crippen molar-refractivity contribution in [1.29, 1.82) is 0 Å². The molecule has 0 unspecified atom stereocenters. The van der Waals surface area contributed by atoms with Crippen LogP contribution in [0.3, 0.4) is 0 Å². The van der Waals surface area contributed by atoms with Crippen molar-refractivity contribution in [1.82, 2.24) is 4.90 Å². The molecule has 1 saturated heterocycles. The molecule has 2 aromatic carbocycles. The molecule has 4 heteroatoms. The number of nitrogens with zero attached hydrogens (tertiary/aromatic N) is 1. The molecule has 1 aliphatic heterocycles. The molecule has 0 amide bonds. The van der Waals surface area contributed by atoms with Gasteiger partial charge in [0.2, 0.25) is 0 Å². The third kappa shape index (κ3) is 4.41. The van der Waals surface area contributed by atoms with E-state index in [1.165, 1.54) is 12.1 Å². The van der Waals surface area contributed by atoms with Crippen molar-refractivity contribution in [2.75, 3.05) is 19.6 Å². The number of aliphatic hydroxyl groups excluding tert-OH is 1. The number of benzene rings is 2. The summed E-state index contributed by atoms with van der Waals surface area (Å²) in [6, 6.07) is 16.1. The van der Waals surface area contributed by atoms with Gasteiger partial charge in [-0.2, -0.15) is 0 Å². The number of likely N-dealkylation sites (tertiary alicyclic amines) is 1. The number of halogens is 1. The molecule has 24 heavy (non-hydrogen) atoms. The zero-order valence-corrected chi connectivity index (χ0v) is 13.7. The largest absolute Gasteiger partial charge is 0.389 e. The van der Waals surface area contributed by atoms with E-state index in [-0.39, 0.29) is 5.82 Å². The molecular formula is C20H24FNO2. The second-order valence-corrected chi connectivity index (χ2v) is 6.76. The van der Waals surface area contributed by atoms with Crippen LogP contribution in [-0.2, 0) is 6.42 Å². The molecular weight excluding hydrogens is 305 g/mol. The van der Waals surface area contributed by atoms with Gasteiger partial charge >= 0.3 is 0 Å². The second kappa shape index (κ2) is 7.43. The van der Waals surface area contributed by atoms with Gasteiger partial charge in [-0.3, -0.25) is 0 Å². The highest BCUT2D eigenvalue weighted by atomic mass is 19.1. The van der Waals surface area contributed by atoms with Gasteiger partial charge in [-0.1, -0.05) is 42.5 Å². The predicted molar refractivity (Wildman–Crippen MR) is 92.1 cm³/mol. The normalized spacial score (nSPS) is 19.1. The molecule has 0 aliphatic carbocycles. The number of hydrogen-bond acceptors (Lipinski definition) is 3. The summed E-state index contributed by atoms with van der Waals surface area (Å²) in [4.78, 5) is 2.18. The van der Waals surface area contributed by atoms with Crippen LogP contribution in [0.1, 0.15) is 30.1 Å². The van der Waals surface area contributed by atoms with Gasteiger partial charge in [0.15, 0.2) is 0 Å². The molecule has 0 radical (unpaired) electrons. The van der Waals surface area contributed by atoms with Crippen molar-refractivity contribution in [2.45, 2.75) is 31.0 Å². The minimum atomic E-state index is -0.790. The SMILES string of the molecule is O[C@H](CN1CCC(O)(Cc2cccc(F)c2)CC1)c1ccccc1. The Morgan fingerprint density at radius 3 is 2.42 bits per heavy atom. The topological polar surface area (TPSA) is 43.7 Å². The molecule has 2 aromatic rings. The summed E-state index contributed by atoms with van der Waals surface area (Å²) in [6.07, 6.45) is 1.22. The molecule has 1 fully saturated rings. The highest BCUT2D eigenvalue weighted by molar-refractivity contribution is 5.19. The van der Waals surface area contributed by atoms with Crippen molar-refractivity contribution >= 4 is 0 Å². The maximum atomic E-state index is 13.3. The Morgan fingerprint density at radius 2 is 1.75 bits per heavy atom. The van der Waals surface area contributed by atoms with Gasteiger partial charge in [0.05, 0.1) is 11.7 Å². The van der Waals surface area contributed by atoms with Crippen molar-refractivity contribution < 1.29 is 14.6 Å². The molecule has 0 bridgehead atoms. The van der Waals surface area contributed by atoms with Crippen LogP contribution in [0.15, 0.2) is 54.6 Å². The van der Waals surface area contributed by atoms with Crippen LogP contribution >= 0.6 is 0 Å². The Hall–Kier alpha value is -1.75. The number of piperidine rings is 1. The Balaban J connectivity index is 1.53. The second-order valence-electron chi connectivity index (χ2n) is 6.76. The van der Waals surface area contributed by atoms with Gasteiger partial charge in [0.25, 0.3) is 0 Å². The zero-order chi connectivity index (χ0) is 17.0. The first-order chi connectivity index (χ1) is 11.5. The molecule has 3 rings (SSSR count).